The third kappa shape index (κ3) is 4.73. The van der Waals surface area contributed by atoms with E-state index < -0.39 is 11.9 Å². The molecule has 0 N–H and O–H groups in total. The number of ether oxygens (including phenoxy) is 1. The van der Waals surface area contributed by atoms with Crippen LogP contribution < -0.4 is 0 Å². The average Bonchev–Trinajstić information content (AvgIpc) is 3.14. The van der Waals surface area contributed by atoms with Gasteiger partial charge in [-0.05, 0) is 62.5 Å². The topological polar surface area (TPSA) is 34.5 Å². The predicted octanol–water partition coefficient (Wildman–Crippen LogP) is 5.84. The van der Waals surface area contributed by atoms with Gasteiger partial charge in [0.25, 0.3) is 0 Å². The van der Waals surface area contributed by atoms with Crippen molar-refractivity contribution in [2.75, 3.05) is 27.2 Å². The van der Waals surface area contributed by atoms with E-state index in [0.29, 0.717) is 12.2 Å². The van der Waals surface area contributed by atoms with Crippen molar-refractivity contribution in [3.63, 3.8) is 0 Å². The summed E-state index contributed by atoms with van der Waals surface area (Å²) in [6, 6.07) is 20.3. The number of hydrogen-bond acceptors (Lipinski definition) is 3. The van der Waals surface area contributed by atoms with Crippen LogP contribution in [0.3, 0.4) is 0 Å². The van der Waals surface area contributed by atoms with Crippen LogP contribution >= 0.6 is 0 Å². The van der Waals surface area contributed by atoms with Gasteiger partial charge in [0.05, 0.1) is 6.61 Å². The first kappa shape index (κ1) is 23.6. The second kappa shape index (κ2) is 10.2. The maximum Gasteiger partial charge on any atom is 0.355 e. The Hall–Kier alpha value is -3.51. The van der Waals surface area contributed by atoms with Gasteiger partial charge in [0.2, 0.25) is 0 Å². The average molecular weight is 463 g/mol. The highest BCUT2D eigenvalue weighted by Crippen LogP contribution is 2.40. The van der Waals surface area contributed by atoms with Crippen LogP contribution in [0, 0.1) is 11.6 Å². The van der Waals surface area contributed by atoms with E-state index in [-0.39, 0.29) is 18.2 Å². The van der Waals surface area contributed by atoms with Gasteiger partial charge in [0.15, 0.2) is 0 Å². The van der Waals surface area contributed by atoms with Gasteiger partial charge in [-0.1, -0.05) is 42.5 Å². The summed E-state index contributed by atoms with van der Waals surface area (Å²) in [5.41, 5.74) is 3.74. The molecule has 4 rings (SSSR count). The smallest absolute Gasteiger partial charge is 0.355 e. The first-order valence-electron chi connectivity index (χ1n) is 11.3. The van der Waals surface area contributed by atoms with E-state index in [4.69, 9.17) is 4.74 Å². The number of hydrogen-bond donors (Lipinski definition) is 0. The van der Waals surface area contributed by atoms with Crippen molar-refractivity contribution < 1.29 is 18.3 Å². The molecule has 0 saturated carbocycles. The number of nitrogens with zero attached hydrogens (tertiary/aromatic N) is 2. The number of para-hydroxylation sites is 1. The van der Waals surface area contributed by atoms with Crippen molar-refractivity contribution in [2.24, 2.45) is 0 Å². The Morgan fingerprint density at radius 1 is 0.912 bits per heavy atom. The maximum atomic E-state index is 13.8. The molecule has 0 aliphatic rings. The van der Waals surface area contributed by atoms with E-state index in [9.17, 15) is 13.6 Å². The third-order valence-corrected chi connectivity index (χ3v) is 5.95. The Balaban J connectivity index is 2.05. The van der Waals surface area contributed by atoms with Gasteiger partial charge >= 0.3 is 5.97 Å². The van der Waals surface area contributed by atoms with Gasteiger partial charge in [-0.3, -0.25) is 0 Å². The molecule has 0 aliphatic carbocycles. The minimum absolute atomic E-state index is 0.241. The van der Waals surface area contributed by atoms with E-state index in [0.717, 1.165) is 34.1 Å². The van der Waals surface area contributed by atoms with Crippen LogP contribution in [0.1, 0.15) is 40.0 Å². The maximum absolute atomic E-state index is 13.8. The molecule has 4 nitrogen and oxygen atoms in total. The SMILES string of the molecule is CCOC(=O)c1c(C(c2ccc(F)cc2)c2ccc(F)cc2)c2ccccc2n1CCN(C)C. The normalized spacial score (nSPS) is 11.5. The molecular weight excluding hydrogens is 434 g/mol. The molecule has 0 unspecified atom stereocenters. The second-order valence-corrected chi connectivity index (χ2v) is 8.49. The molecular formula is C28H28F2N2O2. The Kier molecular flexibility index (Phi) is 7.08. The van der Waals surface area contributed by atoms with E-state index in [1.165, 1.54) is 24.3 Å². The highest BCUT2D eigenvalue weighted by molar-refractivity contribution is 6.00. The van der Waals surface area contributed by atoms with Gasteiger partial charge in [0, 0.05) is 35.5 Å². The van der Waals surface area contributed by atoms with Crippen LogP contribution in [0.5, 0.6) is 0 Å². The quantitative estimate of drug-likeness (QED) is 0.309. The number of carbonyl (C=O) groups excluding carboxylic acids is 1. The van der Waals surface area contributed by atoms with Crippen molar-refractivity contribution in [1.82, 2.24) is 9.47 Å². The summed E-state index contributed by atoms with van der Waals surface area (Å²) in [4.78, 5) is 15.5. The summed E-state index contributed by atoms with van der Waals surface area (Å²) in [6.07, 6.45) is 0. The fraction of sp³-hybridized carbons (Fsp3) is 0.250. The summed E-state index contributed by atoms with van der Waals surface area (Å²) in [6.45, 7) is 3.33. The van der Waals surface area contributed by atoms with E-state index in [2.05, 4.69) is 4.90 Å². The number of esters is 1. The van der Waals surface area contributed by atoms with Crippen molar-refractivity contribution in [1.29, 1.82) is 0 Å². The molecule has 34 heavy (non-hydrogen) atoms. The molecule has 0 saturated heterocycles. The highest BCUT2D eigenvalue weighted by atomic mass is 19.1. The number of carbonyl (C=O) groups is 1. The van der Waals surface area contributed by atoms with E-state index in [1.54, 1.807) is 31.2 Å². The standard InChI is InChI=1S/C28H28F2N2O2/c1-4-34-28(33)27-26(23-7-5-6-8-24(23)32(27)18-17-31(2)3)25(19-9-13-21(29)14-10-19)20-11-15-22(30)16-12-20/h5-16,25H,4,17-18H2,1-3H3. The van der Waals surface area contributed by atoms with Crippen LogP contribution in [0.25, 0.3) is 10.9 Å². The number of rotatable bonds is 8. The van der Waals surface area contributed by atoms with Gasteiger partial charge in [-0.2, -0.15) is 0 Å². The molecule has 1 heterocycles. The number of fused-ring (bicyclic) bond motifs is 1. The number of likely N-dealkylation sites (N-methyl/N-ethyl adjacent to an activating group) is 1. The Morgan fingerprint density at radius 2 is 1.47 bits per heavy atom. The fourth-order valence-electron chi connectivity index (χ4n) is 4.41. The molecule has 176 valence electrons. The zero-order valence-electron chi connectivity index (χ0n) is 19.6. The van der Waals surface area contributed by atoms with Gasteiger partial charge in [-0.15, -0.1) is 0 Å². The lowest BCUT2D eigenvalue weighted by Gasteiger charge is -2.21. The molecule has 0 bridgehead atoms. The molecule has 4 aromatic rings. The van der Waals surface area contributed by atoms with Crippen LogP contribution in [-0.2, 0) is 11.3 Å². The van der Waals surface area contributed by atoms with Crippen LogP contribution in [0.4, 0.5) is 8.78 Å². The van der Waals surface area contributed by atoms with Gasteiger partial charge in [0.1, 0.15) is 17.3 Å². The molecule has 6 heteroatoms. The lowest BCUT2D eigenvalue weighted by atomic mass is 9.83. The molecule has 0 atom stereocenters. The number of halogens is 2. The predicted molar refractivity (Wildman–Crippen MR) is 130 cm³/mol. The molecule has 3 aromatic carbocycles. The molecule has 0 amide bonds. The van der Waals surface area contributed by atoms with Crippen LogP contribution in [0.15, 0.2) is 72.8 Å². The van der Waals surface area contributed by atoms with Crippen LogP contribution in [0.2, 0.25) is 0 Å². The number of aromatic nitrogens is 1. The largest absolute Gasteiger partial charge is 0.461 e. The van der Waals surface area contributed by atoms with Crippen molar-refractivity contribution in [2.45, 2.75) is 19.4 Å². The molecule has 0 radical (unpaired) electrons. The monoisotopic (exact) mass is 462 g/mol. The Labute approximate surface area is 198 Å². The minimum atomic E-state index is -0.425. The third-order valence-electron chi connectivity index (χ3n) is 5.95. The molecule has 0 fully saturated rings. The lowest BCUT2D eigenvalue weighted by Crippen LogP contribution is -2.22. The van der Waals surface area contributed by atoms with Gasteiger partial charge in [-0.25, -0.2) is 13.6 Å². The lowest BCUT2D eigenvalue weighted by molar-refractivity contribution is 0.0512. The van der Waals surface area contributed by atoms with E-state index in [1.807, 2.05) is 42.9 Å². The zero-order valence-corrected chi connectivity index (χ0v) is 19.6. The van der Waals surface area contributed by atoms with Crippen molar-refractivity contribution in [3.05, 3.63) is 107 Å². The summed E-state index contributed by atoms with van der Waals surface area (Å²) in [5, 5.41) is 0.906. The zero-order chi connectivity index (χ0) is 24.2. The summed E-state index contributed by atoms with van der Waals surface area (Å²) < 4.78 is 35.1. The molecule has 0 aliphatic heterocycles. The summed E-state index contributed by atoms with van der Waals surface area (Å²) >= 11 is 0. The molecule has 0 spiro atoms. The summed E-state index contributed by atoms with van der Waals surface area (Å²) in [7, 11) is 3.97. The van der Waals surface area contributed by atoms with E-state index >= 15 is 0 Å². The Bertz CT molecular complexity index is 1230. The first-order valence-corrected chi connectivity index (χ1v) is 11.3. The minimum Gasteiger partial charge on any atom is -0.461 e. The second-order valence-electron chi connectivity index (χ2n) is 8.49. The summed E-state index contributed by atoms with van der Waals surface area (Å²) in [5.74, 6) is -1.53. The fourth-order valence-corrected chi connectivity index (χ4v) is 4.41. The van der Waals surface area contributed by atoms with Crippen molar-refractivity contribution >= 4 is 16.9 Å². The van der Waals surface area contributed by atoms with Gasteiger partial charge < -0.3 is 14.2 Å². The number of benzene rings is 3. The Morgan fingerprint density at radius 3 is 2.00 bits per heavy atom. The van der Waals surface area contributed by atoms with Crippen molar-refractivity contribution in [3.8, 4) is 0 Å². The molecule has 1 aromatic heterocycles. The highest BCUT2D eigenvalue weighted by Gasteiger charge is 2.31. The van der Waals surface area contributed by atoms with Crippen LogP contribution in [-0.4, -0.2) is 42.7 Å². The first-order chi connectivity index (χ1) is 16.4.